The summed E-state index contributed by atoms with van der Waals surface area (Å²) in [6, 6.07) is 8.59. The van der Waals surface area contributed by atoms with E-state index in [0.29, 0.717) is 6.54 Å². The molecule has 1 aromatic carbocycles. The van der Waals surface area contributed by atoms with Crippen LogP contribution in [0.25, 0.3) is 0 Å². The summed E-state index contributed by atoms with van der Waals surface area (Å²) >= 11 is 3.36. The highest BCUT2D eigenvalue weighted by atomic mass is 79.9. The molecule has 1 rings (SSSR count). The molecule has 1 unspecified atom stereocenters. The number of hydrogen-bond acceptors (Lipinski definition) is 4. The Morgan fingerprint density at radius 2 is 1.96 bits per heavy atom. The number of aliphatic carboxylic acids is 1. The van der Waals surface area contributed by atoms with Crippen molar-refractivity contribution in [1.29, 1.82) is 5.26 Å². The van der Waals surface area contributed by atoms with Crippen LogP contribution in [0.15, 0.2) is 40.5 Å². The predicted octanol–water partition coefficient (Wildman–Crippen LogP) is 2.21. The molecule has 0 saturated carbocycles. The van der Waals surface area contributed by atoms with Crippen molar-refractivity contribution in [2.24, 2.45) is 5.92 Å². The minimum atomic E-state index is -1.13. The Morgan fingerprint density at radius 3 is 2.46 bits per heavy atom. The van der Waals surface area contributed by atoms with Gasteiger partial charge in [0, 0.05) is 17.2 Å². The van der Waals surface area contributed by atoms with Crippen LogP contribution < -0.4 is 10.6 Å². The number of carboxylic acids is 1. The fourth-order valence-corrected chi connectivity index (χ4v) is 2.19. The lowest BCUT2D eigenvalue weighted by Gasteiger charge is -2.17. The van der Waals surface area contributed by atoms with Gasteiger partial charge < -0.3 is 15.7 Å². The van der Waals surface area contributed by atoms with Gasteiger partial charge in [0.15, 0.2) is 0 Å². The van der Waals surface area contributed by atoms with Gasteiger partial charge in [0.2, 0.25) is 0 Å². The largest absolute Gasteiger partial charge is 0.480 e. The summed E-state index contributed by atoms with van der Waals surface area (Å²) in [5, 5.41) is 23.4. The third-order valence-electron chi connectivity index (χ3n) is 3.30. The molecule has 0 aliphatic heterocycles. The molecule has 0 fully saturated rings. The number of carboxylic acid groups (broad SMARTS) is 1. The molecule has 1 aromatic rings. The fourth-order valence-electron chi connectivity index (χ4n) is 1.92. The van der Waals surface area contributed by atoms with Gasteiger partial charge in [-0.15, -0.1) is 0 Å². The van der Waals surface area contributed by atoms with E-state index < -0.39 is 17.9 Å². The van der Waals surface area contributed by atoms with Crippen LogP contribution in [0.2, 0.25) is 0 Å². The number of halogens is 1. The van der Waals surface area contributed by atoms with Gasteiger partial charge in [0.05, 0.1) is 0 Å². The molecule has 0 heterocycles. The van der Waals surface area contributed by atoms with Crippen LogP contribution in [0.1, 0.15) is 19.4 Å². The molecule has 3 N–H and O–H groups in total. The Labute approximate surface area is 149 Å². The number of benzene rings is 1. The summed E-state index contributed by atoms with van der Waals surface area (Å²) in [5.74, 6) is -2.11. The van der Waals surface area contributed by atoms with E-state index in [-0.39, 0.29) is 11.5 Å². The second kappa shape index (κ2) is 9.73. The van der Waals surface area contributed by atoms with Crippen molar-refractivity contribution in [3.05, 3.63) is 46.1 Å². The molecule has 128 valence electrons. The molecule has 0 aromatic heterocycles. The van der Waals surface area contributed by atoms with Gasteiger partial charge in [-0.25, -0.2) is 4.79 Å². The number of nitrogens with one attached hydrogen (secondary N) is 2. The number of amides is 1. The minimum absolute atomic E-state index is 0.155. The van der Waals surface area contributed by atoms with Crippen LogP contribution in [-0.2, 0) is 16.0 Å². The first-order valence-corrected chi connectivity index (χ1v) is 8.26. The second-order valence-corrected chi connectivity index (χ2v) is 6.45. The molecule has 0 saturated heterocycles. The van der Waals surface area contributed by atoms with E-state index in [0.717, 1.165) is 16.5 Å². The van der Waals surface area contributed by atoms with Crippen molar-refractivity contribution in [3.63, 3.8) is 0 Å². The molecule has 0 aliphatic carbocycles. The number of carbonyl (C=O) groups excluding carboxylic acids is 1. The highest BCUT2D eigenvalue weighted by Gasteiger charge is 2.24. The minimum Gasteiger partial charge on any atom is -0.480 e. The van der Waals surface area contributed by atoms with Crippen LogP contribution in [0.4, 0.5) is 0 Å². The Morgan fingerprint density at radius 1 is 1.33 bits per heavy atom. The van der Waals surface area contributed by atoms with E-state index in [4.69, 9.17) is 10.4 Å². The molecule has 1 amide bonds. The molecule has 0 aliphatic rings. The van der Waals surface area contributed by atoms with Crippen LogP contribution in [-0.4, -0.2) is 29.6 Å². The highest BCUT2D eigenvalue weighted by Crippen LogP contribution is 2.10. The Balaban J connectivity index is 2.56. The maximum atomic E-state index is 12.0. The molecule has 24 heavy (non-hydrogen) atoms. The van der Waals surface area contributed by atoms with Crippen molar-refractivity contribution >= 4 is 27.8 Å². The van der Waals surface area contributed by atoms with E-state index >= 15 is 0 Å². The summed E-state index contributed by atoms with van der Waals surface area (Å²) in [6.07, 6.45) is 2.04. The smallest absolute Gasteiger partial charge is 0.326 e. The normalized spacial score (nSPS) is 12.4. The van der Waals surface area contributed by atoms with Gasteiger partial charge in [-0.05, 0) is 30.0 Å². The van der Waals surface area contributed by atoms with Crippen LogP contribution in [0.5, 0.6) is 0 Å². The predicted molar refractivity (Wildman–Crippen MR) is 93.9 cm³/mol. The Hall–Kier alpha value is -2.33. The third kappa shape index (κ3) is 6.42. The summed E-state index contributed by atoms with van der Waals surface area (Å²) in [5.41, 5.74) is 0.963. The third-order valence-corrected chi connectivity index (χ3v) is 3.83. The van der Waals surface area contributed by atoms with Gasteiger partial charge in [-0.3, -0.25) is 4.79 Å². The average molecular weight is 394 g/mol. The molecule has 7 heteroatoms. The van der Waals surface area contributed by atoms with Gasteiger partial charge >= 0.3 is 5.97 Å². The Kier molecular flexibility index (Phi) is 7.99. The van der Waals surface area contributed by atoms with Crippen molar-refractivity contribution in [2.75, 3.05) is 6.54 Å². The topological polar surface area (TPSA) is 102 Å². The number of nitriles is 1. The van der Waals surface area contributed by atoms with Crippen molar-refractivity contribution in [2.45, 2.75) is 26.3 Å². The van der Waals surface area contributed by atoms with E-state index in [1.165, 1.54) is 6.20 Å². The number of hydrogen-bond donors (Lipinski definition) is 3. The first kappa shape index (κ1) is 19.7. The van der Waals surface area contributed by atoms with Crippen LogP contribution in [0, 0.1) is 17.2 Å². The van der Waals surface area contributed by atoms with Crippen molar-refractivity contribution < 1.29 is 14.7 Å². The molecular formula is C17H20BrN3O3. The zero-order chi connectivity index (χ0) is 18.1. The quantitative estimate of drug-likeness (QED) is 0.357. The standard InChI is InChI=1S/C17H20BrN3O3/c1-11(2)15(17(23)24)21-16(22)13(9-19)10-20-8-7-12-3-5-14(18)6-4-12/h3-6,10-11,15,20H,7-8H2,1-2H3,(H,21,22)(H,23,24)/b13-10-. The summed E-state index contributed by atoms with van der Waals surface area (Å²) in [4.78, 5) is 23.1. The lowest BCUT2D eigenvalue weighted by Crippen LogP contribution is -2.44. The zero-order valence-electron chi connectivity index (χ0n) is 13.5. The maximum absolute atomic E-state index is 12.0. The van der Waals surface area contributed by atoms with E-state index in [9.17, 15) is 9.59 Å². The monoisotopic (exact) mass is 393 g/mol. The lowest BCUT2D eigenvalue weighted by molar-refractivity contribution is -0.142. The van der Waals surface area contributed by atoms with Crippen LogP contribution in [0.3, 0.4) is 0 Å². The lowest BCUT2D eigenvalue weighted by atomic mass is 10.0. The molecular weight excluding hydrogens is 374 g/mol. The van der Waals surface area contributed by atoms with Gasteiger partial charge in [0.25, 0.3) is 5.91 Å². The number of carbonyl (C=O) groups is 2. The first-order chi connectivity index (χ1) is 11.3. The fraction of sp³-hybridized carbons (Fsp3) is 0.353. The van der Waals surface area contributed by atoms with Crippen molar-refractivity contribution in [3.8, 4) is 6.07 Å². The first-order valence-electron chi connectivity index (χ1n) is 7.47. The van der Waals surface area contributed by atoms with Gasteiger partial charge in [-0.2, -0.15) is 5.26 Å². The molecule has 6 nitrogen and oxygen atoms in total. The Bertz CT molecular complexity index is 648. The van der Waals surface area contributed by atoms with Gasteiger partial charge in [0.1, 0.15) is 17.7 Å². The van der Waals surface area contributed by atoms with E-state index in [1.807, 2.05) is 24.3 Å². The maximum Gasteiger partial charge on any atom is 0.326 e. The number of rotatable bonds is 8. The SMILES string of the molecule is CC(C)C(NC(=O)/C(C#N)=C\NCCc1ccc(Br)cc1)C(=O)O. The molecule has 0 radical (unpaired) electrons. The summed E-state index contributed by atoms with van der Waals surface area (Å²) in [7, 11) is 0. The molecule has 0 bridgehead atoms. The molecule has 0 spiro atoms. The van der Waals surface area contributed by atoms with Gasteiger partial charge in [-0.1, -0.05) is 41.9 Å². The molecule has 1 atom stereocenters. The van der Waals surface area contributed by atoms with Crippen molar-refractivity contribution in [1.82, 2.24) is 10.6 Å². The summed E-state index contributed by atoms with van der Waals surface area (Å²) < 4.78 is 1.00. The second-order valence-electron chi connectivity index (χ2n) is 5.53. The zero-order valence-corrected chi connectivity index (χ0v) is 15.1. The summed E-state index contributed by atoms with van der Waals surface area (Å²) in [6.45, 7) is 3.92. The van der Waals surface area contributed by atoms with E-state index in [1.54, 1.807) is 19.9 Å². The highest BCUT2D eigenvalue weighted by molar-refractivity contribution is 9.10. The average Bonchev–Trinajstić information content (AvgIpc) is 2.53. The van der Waals surface area contributed by atoms with E-state index in [2.05, 4.69) is 26.6 Å². The number of nitrogens with zero attached hydrogens (tertiary/aromatic N) is 1. The van der Waals surface area contributed by atoms with Crippen LogP contribution >= 0.6 is 15.9 Å².